The number of nitrogens with zero attached hydrogens (tertiary/aromatic N) is 2. The fourth-order valence-electron chi connectivity index (χ4n) is 6.35. The average Bonchev–Trinajstić information content (AvgIpc) is 2.97. The molecule has 228 valence electrons. The van der Waals surface area contributed by atoms with Gasteiger partial charge in [-0.1, -0.05) is 50.6 Å². The molecule has 8 nitrogen and oxygen atoms in total. The van der Waals surface area contributed by atoms with Gasteiger partial charge in [-0.05, 0) is 38.0 Å². The zero-order valence-corrected chi connectivity index (χ0v) is 24.7. The summed E-state index contributed by atoms with van der Waals surface area (Å²) in [4.78, 5) is 40.9. The van der Waals surface area contributed by atoms with E-state index in [0.717, 1.165) is 0 Å². The van der Waals surface area contributed by atoms with Gasteiger partial charge < -0.3 is 19.5 Å². The summed E-state index contributed by atoms with van der Waals surface area (Å²) in [5.41, 5.74) is -0.830. The molecule has 4 rings (SSSR count). The van der Waals surface area contributed by atoms with Crippen molar-refractivity contribution in [3.05, 3.63) is 58.6 Å². The number of ketones is 1. The number of amides is 2. The summed E-state index contributed by atoms with van der Waals surface area (Å²) in [7, 11) is 0. The molecule has 2 aromatic carbocycles. The first-order valence-corrected chi connectivity index (χ1v) is 14.0. The Morgan fingerprint density at radius 3 is 2.48 bits per heavy atom. The predicted molar refractivity (Wildman–Crippen MR) is 150 cm³/mol. The highest BCUT2D eigenvalue weighted by Crippen LogP contribution is 2.47. The van der Waals surface area contributed by atoms with E-state index in [0.29, 0.717) is 24.1 Å². The van der Waals surface area contributed by atoms with Gasteiger partial charge in [0, 0.05) is 40.7 Å². The highest BCUT2D eigenvalue weighted by atomic mass is 35.5. The molecule has 2 aliphatic heterocycles. The normalized spacial score (nSPS) is 25.0. The molecule has 1 unspecified atom stereocenters. The van der Waals surface area contributed by atoms with E-state index in [1.807, 2.05) is 20.8 Å². The summed E-state index contributed by atoms with van der Waals surface area (Å²) in [5, 5.41) is 10.1. The van der Waals surface area contributed by atoms with Crippen molar-refractivity contribution < 1.29 is 42.1 Å². The highest BCUT2D eigenvalue weighted by molar-refractivity contribution is 6.30. The van der Waals surface area contributed by atoms with E-state index in [4.69, 9.17) is 16.3 Å². The molecule has 0 aliphatic carbocycles. The standard InChI is InChI=1S/C30H34ClF3N2O6/c1-19(37)29(12-7-13-35(16-29)27(39)40)18-36(17-28(2,3)4)23-11-10-20(31)14-22(23)26(41-15-25(36)38)21-8-5-6-9-24(21)42-30(32,33)34/h5-6,8-11,14,26H,7,12-13,15-18H2,1-4H3/p+1/t26-,29?,36+/m1/s1. The smallest absolute Gasteiger partial charge is 0.465 e. The predicted octanol–water partition coefficient (Wildman–Crippen LogP) is 6.59. The zero-order chi connectivity index (χ0) is 31.1. The molecule has 2 amide bonds. The molecule has 0 radical (unpaired) electrons. The molecule has 0 spiro atoms. The van der Waals surface area contributed by atoms with Crippen LogP contribution in [-0.4, -0.2) is 66.9 Å². The number of piperidine rings is 1. The number of carbonyl (C=O) groups is 3. The molecule has 0 aromatic heterocycles. The number of alkyl halides is 3. The molecular formula is C30H35ClF3N2O6+. The lowest BCUT2D eigenvalue weighted by molar-refractivity contribution is -0.275. The Hall–Kier alpha value is -3.15. The third kappa shape index (κ3) is 6.58. The molecule has 12 heteroatoms. The third-order valence-corrected chi connectivity index (χ3v) is 8.16. The summed E-state index contributed by atoms with van der Waals surface area (Å²) in [5.74, 6) is -1.12. The van der Waals surface area contributed by atoms with Crippen LogP contribution >= 0.6 is 11.6 Å². The molecule has 42 heavy (non-hydrogen) atoms. The Morgan fingerprint density at radius 2 is 1.86 bits per heavy atom. The maximum absolute atomic E-state index is 14.4. The average molecular weight is 612 g/mol. The molecule has 2 aliphatic rings. The van der Waals surface area contributed by atoms with E-state index in [-0.39, 0.29) is 47.0 Å². The van der Waals surface area contributed by atoms with Gasteiger partial charge in [-0.25, -0.2) is 14.1 Å². The number of fused-ring (bicyclic) bond motifs is 1. The van der Waals surface area contributed by atoms with Crippen LogP contribution in [0.3, 0.4) is 0 Å². The quantitative estimate of drug-likeness (QED) is 0.371. The number of quaternary nitrogens is 1. The number of para-hydroxylation sites is 1. The molecule has 1 fully saturated rings. The van der Waals surface area contributed by atoms with Crippen LogP contribution in [0.2, 0.25) is 5.02 Å². The number of Topliss-reactive ketones (excluding diaryl/α,β-unsaturated/α-hetero) is 1. The van der Waals surface area contributed by atoms with Gasteiger partial charge in [-0.15, -0.1) is 13.2 Å². The number of hydrogen-bond donors (Lipinski definition) is 1. The lowest BCUT2D eigenvalue weighted by Gasteiger charge is -2.47. The lowest BCUT2D eigenvalue weighted by Crippen LogP contribution is -2.66. The van der Waals surface area contributed by atoms with Crippen molar-refractivity contribution in [1.29, 1.82) is 0 Å². The summed E-state index contributed by atoms with van der Waals surface area (Å²) in [6.45, 7) is 7.10. The fraction of sp³-hybridized carbons (Fsp3) is 0.500. The van der Waals surface area contributed by atoms with Gasteiger partial charge in [0.2, 0.25) is 0 Å². The second-order valence-corrected chi connectivity index (χ2v) is 12.8. The van der Waals surface area contributed by atoms with E-state index < -0.39 is 47.7 Å². The van der Waals surface area contributed by atoms with Gasteiger partial charge in [0.15, 0.2) is 6.61 Å². The van der Waals surface area contributed by atoms with Gasteiger partial charge in [0.25, 0.3) is 0 Å². The van der Waals surface area contributed by atoms with Crippen LogP contribution < -0.4 is 9.22 Å². The van der Waals surface area contributed by atoms with Gasteiger partial charge in [-0.2, -0.15) is 0 Å². The van der Waals surface area contributed by atoms with Gasteiger partial charge in [-0.3, -0.25) is 4.79 Å². The number of carbonyl (C=O) groups excluding carboxylic acids is 2. The number of ether oxygens (including phenoxy) is 2. The summed E-state index contributed by atoms with van der Waals surface area (Å²) < 4.78 is 50.1. The van der Waals surface area contributed by atoms with Gasteiger partial charge in [0.05, 0.1) is 12.0 Å². The Bertz CT molecular complexity index is 1380. The number of likely N-dealkylation sites (tertiary alicyclic amines) is 1. The van der Waals surface area contributed by atoms with Crippen molar-refractivity contribution in [2.45, 2.75) is 53.0 Å². The summed E-state index contributed by atoms with van der Waals surface area (Å²) in [6, 6.07) is 10.4. The first-order chi connectivity index (χ1) is 19.5. The highest BCUT2D eigenvalue weighted by Gasteiger charge is 2.55. The lowest BCUT2D eigenvalue weighted by atomic mass is 9.74. The number of hydrogen-bond acceptors (Lipinski definition) is 5. The van der Waals surface area contributed by atoms with Crippen LogP contribution in [0.1, 0.15) is 57.8 Å². The second kappa shape index (κ2) is 11.5. The van der Waals surface area contributed by atoms with Crippen molar-refractivity contribution in [2.24, 2.45) is 10.8 Å². The molecule has 3 atom stereocenters. The van der Waals surface area contributed by atoms with Crippen LogP contribution in [0.5, 0.6) is 5.75 Å². The van der Waals surface area contributed by atoms with Crippen LogP contribution in [0, 0.1) is 10.8 Å². The number of rotatable bonds is 6. The maximum atomic E-state index is 14.4. The maximum Gasteiger partial charge on any atom is 0.573 e. The Kier molecular flexibility index (Phi) is 8.70. The first kappa shape index (κ1) is 31.8. The molecule has 2 aromatic rings. The largest absolute Gasteiger partial charge is 0.573 e. The van der Waals surface area contributed by atoms with Gasteiger partial charge >= 0.3 is 18.4 Å². The van der Waals surface area contributed by atoms with E-state index >= 15 is 0 Å². The number of halogens is 4. The minimum absolute atomic E-state index is 0.0480. The van der Waals surface area contributed by atoms with Crippen LogP contribution in [-0.2, 0) is 14.3 Å². The molecule has 2 heterocycles. The Balaban J connectivity index is 1.96. The SMILES string of the molecule is CC(=O)C1(C[N@+]2(CC(C)(C)C)C(=O)CO[C@H](c3ccccc3OC(F)(F)F)c3cc(Cl)ccc32)CCCN(C(=O)O)C1. The fourth-order valence-corrected chi connectivity index (χ4v) is 6.53. The minimum atomic E-state index is -4.97. The van der Waals surface area contributed by atoms with Crippen LogP contribution in [0.25, 0.3) is 0 Å². The number of benzene rings is 2. The molecule has 0 bridgehead atoms. The molecule has 0 saturated carbocycles. The van der Waals surface area contributed by atoms with Crippen molar-refractivity contribution in [3.8, 4) is 5.75 Å². The van der Waals surface area contributed by atoms with E-state index in [2.05, 4.69) is 4.74 Å². The summed E-state index contributed by atoms with van der Waals surface area (Å²) in [6.07, 6.45) is -6.47. The summed E-state index contributed by atoms with van der Waals surface area (Å²) >= 11 is 6.43. The van der Waals surface area contributed by atoms with Crippen molar-refractivity contribution >= 4 is 35.1 Å². The van der Waals surface area contributed by atoms with Crippen molar-refractivity contribution in [2.75, 3.05) is 32.8 Å². The Morgan fingerprint density at radius 1 is 1.17 bits per heavy atom. The molecule has 1 saturated heterocycles. The first-order valence-electron chi connectivity index (χ1n) is 13.6. The van der Waals surface area contributed by atoms with Crippen LogP contribution in [0.4, 0.5) is 23.7 Å². The second-order valence-electron chi connectivity index (χ2n) is 12.4. The van der Waals surface area contributed by atoms with E-state index in [1.54, 1.807) is 24.3 Å². The van der Waals surface area contributed by atoms with E-state index in [1.165, 1.54) is 30.0 Å². The van der Waals surface area contributed by atoms with Crippen LogP contribution in [0.15, 0.2) is 42.5 Å². The molecular weight excluding hydrogens is 577 g/mol. The van der Waals surface area contributed by atoms with E-state index in [9.17, 15) is 32.7 Å². The minimum Gasteiger partial charge on any atom is -0.465 e. The molecule has 1 N–H and O–H groups in total. The van der Waals surface area contributed by atoms with Crippen molar-refractivity contribution in [3.63, 3.8) is 0 Å². The topological polar surface area (TPSA) is 93.1 Å². The Labute approximate surface area is 247 Å². The monoisotopic (exact) mass is 611 g/mol. The van der Waals surface area contributed by atoms with Gasteiger partial charge in [0.1, 0.15) is 29.9 Å². The zero-order valence-electron chi connectivity index (χ0n) is 24.0. The van der Waals surface area contributed by atoms with Crippen molar-refractivity contribution in [1.82, 2.24) is 9.38 Å². The third-order valence-electron chi connectivity index (χ3n) is 7.92. The number of carboxylic acid groups (broad SMARTS) is 1.